The molecule has 12 heteroatoms. The van der Waals surface area contributed by atoms with Gasteiger partial charge in [0.2, 0.25) is 5.91 Å². The first kappa shape index (κ1) is 36.7. The Balaban J connectivity index is 3.71. The Kier molecular flexibility index (Phi) is 21.3. The second-order valence-corrected chi connectivity index (χ2v) is 13.4. The van der Waals surface area contributed by atoms with E-state index in [1.807, 2.05) is 0 Å². The summed E-state index contributed by atoms with van der Waals surface area (Å²) in [5, 5.41) is 12.4. The van der Waals surface area contributed by atoms with Crippen molar-refractivity contribution in [2.75, 3.05) is 19.8 Å². The first-order chi connectivity index (χ1) is 17.4. The van der Waals surface area contributed by atoms with E-state index in [0.29, 0.717) is 6.42 Å². The summed E-state index contributed by atoms with van der Waals surface area (Å²) in [7, 11) is -9.72. The molecular formula is C25H53NO9P2. The van der Waals surface area contributed by atoms with E-state index in [0.717, 1.165) is 19.3 Å². The van der Waals surface area contributed by atoms with Gasteiger partial charge in [-0.25, -0.2) is 9.13 Å². The van der Waals surface area contributed by atoms with Gasteiger partial charge in [-0.3, -0.25) is 13.8 Å². The molecular weight excluding hydrogens is 520 g/mol. The third-order valence-corrected chi connectivity index (χ3v) is 8.28. The van der Waals surface area contributed by atoms with Gasteiger partial charge in [0.15, 0.2) is 0 Å². The van der Waals surface area contributed by atoms with Crippen LogP contribution in [-0.2, 0) is 27.3 Å². The van der Waals surface area contributed by atoms with Crippen molar-refractivity contribution in [1.29, 1.82) is 0 Å². The van der Waals surface area contributed by atoms with E-state index in [1.54, 1.807) is 0 Å². The average molecular weight is 574 g/mol. The lowest BCUT2D eigenvalue weighted by atomic mass is 10.0. The zero-order valence-corrected chi connectivity index (χ0v) is 25.1. The van der Waals surface area contributed by atoms with Gasteiger partial charge in [0.05, 0.1) is 18.8 Å². The highest BCUT2D eigenvalue weighted by molar-refractivity contribution is 7.61. The summed E-state index contributed by atoms with van der Waals surface area (Å²) in [6.07, 6.45) is 19.7. The number of aliphatic hydroxyl groups is 1. The summed E-state index contributed by atoms with van der Waals surface area (Å²) in [5.74, 6) is -0.0809. The van der Waals surface area contributed by atoms with Gasteiger partial charge in [-0.2, -0.15) is 4.31 Å². The second kappa shape index (κ2) is 21.5. The topological polar surface area (TPSA) is 152 Å². The van der Waals surface area contributed by atoms with Crippen LogP contribution >= 0.6 is 15.6 Å². The molecule has 0 heterocycles. The Morgan fingerprint density at radius 2 is 1.22 bits per heavy atom. The SMILES string of the molecule is CCCCCCCCCCCCCCCCCC(=O)NCCCOP(=O)(OCC(C)(C)O)OP(=O)(O)O. The van der Waals surface area contributed by atoms with Gasteiger partial charge in [-0.15, -0.1) is 0 Å². The van der Waals surface area contributed by atoms with Crippen LogP contribution in [0.25, 0.3) is 0 Å². The molecule has 0 aliphatic carbocycles. The van der Waals surface area contributed by atoms with Crippen molar-refractivity contribution in [3.05, 3.63) is 0 Å². The third-order valence-electron chi connectivity index (χ3n) is 5.68. The molecule has 4 N–H and O–H groups in total. The normalized spacial score (nSPS) is 14.0. The number of amides is 1. The monoisotopic (exact) mass is 573 g/mol. The highest BCUT2D eigenvalue weighted by Crippen LogP contribution is 2.61. The molecule has 0 aromatic heterocycles. The molecule has 0 spiro atoms. The molecule has 0 radical (unpaired) electrons. The molecule has 1 unspecified atom stereocenters. The van der Waals surface area contributed by atoms with Gasteiger partial charge >= 0.3 is 15.6 Å². The predicted octanol–water partition coefficient (Wildman–Crippen LogP) is 6.78. The van der Waals surface area contributed by atoms with Crippen LogP contribution in [0.15, 0.2) is 0 Å². The third kappa shape index (κ3) is 27.1. The van der Waals surface area contributed by atoms with Gasteiger partial charge in [0, 0.05) is 13.0 Å². The van der Waals surface area contributed by atoms with Crippen molar-refractivity contribution in [3.8, 4) is 0 Å². The molecule has 0 aliphatic heterocycles. The van der Waals surface area contributed by atoms with Crippen molar-refractivity contribution < 1.29 is 42.2 Å². The molecule has 0 rings (SSSR count). The Morgan fingerprint density at radius 3 is 1.65 bits per heavy atom. The quantitative estimate of drug-likeness (QED) is 0.0648. The van der Waals surface area contributed by atoms with E-state index in [4.69, 9.17) is 18.8 Å². The van der Waals surface area contributed by atoms with Gasteiger partial charge in [-0.05, 0) is 26.7 Å². The zero-order valence-electron chi connectivity index (χ0n) is 23.3. The fourth-order valence-electron chi connectivity index (χ4n) is 3.67. The highest BCUT2D eigenvalue weighted by Gasteiger charge is 2.37. The summed E-state index contributed by atoms with van der Waals surface area (Å²) < 4.78 is 37.3. The lowest BCUT2D eigenvalue weighted by molar-refractivity contribution is -0.121. The largest absolute Gasteiger partial charge is 0.483 e. The van der Waals surface area contributed by atoms with Gasteiger partial charge in [-0.1, -0.05) is 96.8 Å². The van der Waals surface area contributed by atoms with E-state index in [2.05, 4.69) is 16.6 Å². The molecule has 0 saturated carbocycles. The Morgan fingerprint density at radius 1 is 0.757 bits per heavy atom. The maximum atomic E-state index is 12.4. The standard InChI is InChI=1S/C25H53NO9P2/c1-4-5-6-7-8-9-10-11-12-13-14-15-16-17-18-20-24(27)26-21-19-22-33-37(32,35-36(29,30)31)34-23-25(2,3)28/h28H,4-23H2,1-3H3,(H,26,27)(H2,29,30,31). The molecule has 0 bridgehead atoms. The predicted molar refractivity (Wildman–Crippen MR) is 146 cm³/mol. The molecule has 0 aromatic rings. The molecule has 10 nitrogen and oxygen atoms in total. The number of hydrogen-bond acceptors (Lipinski definition) is 7. The summed E-state index contributed by atoms with van der Waals surface area (Å²) in [6, 6.07) is 0. The van der Waals surface area contributed by atoms with Crippen LogP contribution in [0.1, 0.15) is 130 Å². The number of phosphoric ester groups is 1. The van der Waals surface area contributed by atoms with Crippen LogP contribution < -0.4 is 5.32 Å². The minimum Gasteiger partial charge on any atom is -0.388 e. The van der Waals surface area contributed by atoms with E-state index >= 15 is 0 Å². The average Bonchev–Trinajstić information content (AvgIpc) is 2.78. The molecule has 0 aromatic carbocycles. The van der Waals surface area contributed by atoms with Crippen molar-refractivity contribution >= 4 is 21.6 Å². The van der Waals surface area contributed by atoms with Crippen LogP contribution in [0.3, 0.4) is 0 Å². The minimum absolute atomic E-state index is 0.0809. The number of unbranched alkanes of at least 4 members (excludes halogenated alkanes) is 14. The van der Waals surface area contributed by atoms with Crippen molar-refractivity contribution in [2.45, 2.75) is 136 Å². The highest BCUT2D eigenvalue weighted by atomic mass is 31.3. The summed E-state index contributed by atoms with van der Waals surface area (Å²) in [6.45, 7) is 4.49. The summed E-state index contributed by atoms with van der Waals surface area (Å²) in [5.41, 5.74) is -1.40. The van der Waals surface area contributed by atoms with Crippen LogP contribution in [0.2, 0.25) is 0 Å². The molecule has 0 fully saturated rings. The summed E-state index contributed by atoms with van der Waals surface area (Å²) in [4.78, 5) is 29.8. The van der Waals surface area contributed by atoms with Crippen LogP contribution in [0.4, 0.5) is 0 Å². The smallest absolute Gasteiger partial charge is 0.388 e. The van der Waals surface area contributed by atoms with Crippen LogP contribution in [0.5, 0.6) is 0 Å². The molecule has 222 valence electrons. The van der Waals surface area contributed by atoms with Crippen LogP contribution in [0, 0.1) is 0 Å². The van der Waals surface area contributed by atoms with E-state index in [1.165, 1.54) is 90.9 Å². The van der Waals surface area contributed by atoms with Gasteiger partial charge < -0.3 is 20.2 Å². The maximum absolute atomic E-state index is 12.4. The lowest BCUT2D eigenvalue weighted by Gasteiger charge is -2.22. The van der Waals surface area contributed by atoms with Gasteiger partial charge in [0.1, 0.15) is 0 Å². The van der Waals surface area contributed by atoms with Crippen molar-refractivity contribution in [2.24, 2.45) is 0 Å². The molecule has 1 atom stereocenters. The number of hydrogen-bond donors (Lipinski definition) is 4. The second-order valence-electron chi connectivity index (χ2n) is 10.3. The Hall–Kier alpha value is -0.310. The Labute approximate surface area is 224 Å². The van der Waals surface area contributed by atoms with E-state index in [-0.39, 0.29) is 25.5 Å². The van der Waals surface area contributed by atoms with Crippen molar-refractivity contribution in [3.63, 3.8) is 0 Å². The molecule has 37 heavy (non-hydrogen) atoms. The minimum atomic E-state index is -5.14. The van der Waals surface area contributed by atoms with E-state index in [9.17, 15) is 19.0 Å². The zero-order chi connectivity index (χ0) is 28.0. The number of rotatable bonds is 26. The number of carbonyl (C=O) groups is 1. The van der Waals surface area contributed by atoms with Crippen molar-refractivity contribution in [1.82, 2.24) is 5.32 Å². The fraction of sp³-hybridized carbons (Fsp3) is 0.960. The fourth-order valence-corrected chi connectivity index (χ4v) is 5.99. The summed E-state index contributed by atoms with van der Waals surface area (Å²) >= 11 is 0. The first-order valence-corrected chi connectivity index (χ1v) is 17.0. The maximum Gasteiger partial charge on any atom is 0.483 e. The first-order valence-electron chi connectivity index (χ1n) is 14.0. The number of nitrogens with one attached hydrogen (secondary N) is 1. The Bertz CT molecular complexity index is 665. The molecule has 0 aliphatic rings. The number of carbonyl (C=O) groups excluding carboxylic acids is 1. The lowest BCUT2D eigenvalue weighted by Crippen LogP contribution is -2.26. The molecule has 1 amide bonds. The molecule has 0 saturated heterocycles. The van der Waals surface area contributed by atoms with E-state index < -0.39 is 27.9 Å². The number of phosphoric acid groups is 2. The van der Waals surface area contributed by atoms with Crippen LogP contribution in [-0.4, -0.2) is 46.2 Å². The van der Waals surface area contributed by atoms with Gasteiger partial charge in [0.25, 0.3) is 0 Å².